The van der Waals surface area contributed by atoms with E-state index in [0.717, 1.165) is 50.2 Å². The van der Waals surface area contributed by atoms with Crippen LogP contribution in [-0.4, -0.2) is 77.2 Å². The predicted octanol–water partition coefficient (Wildman–Crippen LogP) is 1.67. The van der Waals surface area contributed by atoms with Crippen molar-refractivity contribution >= 4 is 17.7 Å². The first kappa shape index (κ1) is 25.2. The molecule has 4 N–H and O–H groups in total. The second-order valence-corrected chi connectivity index (χ2v) is 7.93. The Morgan fingerprint density at radius 3 is 2.54 bits per heavy atom. The molecule has 1 fully saturated rings. The van der Waals surface area contributed by atoms with E-state index in [0.29, 0.717) is 33.0 Å². The van der Waals surface area contributed by atoms with Crippen molar-refractivity contribution in [2.45, 2.75) is 44.6 Å². The highest BCUT2D eigenvalue weighted by Gasteiger charge is 2.22. The van der Waals surface area contributed by atoms with Gasteiger partial charge in [-0.2, -0.15) is 11.8 Å². The third-order valence-corrected chi connectivity index (χ3v) is 5.60. The predicted molar refractivity (Wildman–Crippen MR) is 116 cm³/mol. The number of nitrogens with one attached hydrogen (secondary N) is 2. The SMILES string of the molecule is CNCCOCCOCCSCC(NC(CCCCN)C(=O)OC)=C1CCC1. The molecule has 0 spiro atoms. The number of esters is 1. The monoisotopic (exact) mass is 417 g/mol. The van der Waals surface area contributed by atoms with Crippen LogP contribution in [0.3, 0.4) is 0 Å². The van der Waals surface area contributed by atoms with E-state index in [-0.39, 0.29) is 12.0 Å². The van der Waals surface area contributed by atoms with Gasteiger partial charge in [0.1, 0.15) is 6.04 Å². The van der Waals surface area contributed by atoms with E-state index in [1.807, 2.05) is 18.8 Å². The van der Waals surface area contributed by atoms with Crippen LogP contribution in [0.5, 0.6) is 0 Å². The fourth-order valence-corrected chi connectivity index (χ4v) is 3.66. The summed E-state index contributed by atoms with van der Waals surface area (Å²) in [4.78, 5) is 12.1. The topological polar surface area (TPSA) is 94.8 Å². The number of ether oxygens (including phenoxy) is 3. The molecule has 164 valence electrons. The Labute approximate surface area is 174 Å². The number of hydrogen-bond acceptors (Lipinski definition) is 8. The molecule has 1 aliphatic rings. The molecule has 8 heteroatoms. The zero-order valence-corrected chi connectivity index (χ0v) is 18.4. The van der Waals surface area contributed by atoms with Crippen LogP contribution < -0.4 is 16.4 Å². The van der Waals surface area contributed by atoms with E-state index in [1.54, 1.807) is 0 Å². The van der Waals surface area contributed by atoms with Crippen LogP contribution in [0.25, 0.3) is 0 Å². The minimum atomic E-state index is -0.286. The van der Waals surface area contributed by atoms with Crippen LogP contribution in [0.4, 0.5) is 0 Å². The Morgan fingerprint density at radius 1 is 1.18 bits per heavy atom. The number of thioether (sulfide) groups is 1. The molecule has 0 heterocycles. The Hall–Kier alpha value is -0.800. The molecular formula is C20H39N3O4S. The molecule has 1 atom stereocenters. The fourth-order valence-electron chi connectivity index (χ4n) is 2.78. The maximum Gasteiger partial charge on any atom is 0.328 e. The summed E-state index contributed by atoms with van der Waals surface area (Å²) in [6.07, 6.45) is 6.08. The van der Waals surface area contributed by atoms with Gasteiger partial charge in [-0.15, -0.1) is 0 Å². The summed E-state index contributed by atoms with van der Waals surface area (Å²) in [5, 5.41) is 6.51. The van der Waals surface area contributed by atoms with Gasteiger partial charge in [-0.05, 0) is 52.1 Å². The molecule has 0 saturated heterocycles. The van der Waals surface area contributed by atoms with Gasteiger partial charge in [0.2, 0.25) is 0 Å². The third kappa shape index (κ3) is 11.3. The van der Waals surface area contributed by atoms with Gasteiger partial charge in [-0.1, -0.05) is 5.57 Å². The number of carbonyl (C=O) groups is 1. The van der Waals surface area contributed by atoms with E-state index in [9.17, 15) is 4.79 Å². The molecule has 1 unspecified atom stereocenters. The molecule has 0 amide bonds. The van der Waals surface area contributed by atoms with Gasteiger partial charge in [0, 0.05) is 23.7 Å². The molecule has 0 aromatic rings. The molecule has 0 aromatic carbocycles. The maximum atomic E-state index is 12.1. The summed E-state index contributed by atoms with van der Waals surface area (Å²) in [5.41, 5.74) is 8.22. The van der Waals surface area contributed by atoms with E-state index < -0.39 is 0 Å². The Kier molecular flexibility index (Phi) is 15.4. The number of likely N-dealkylation sites (N-methyl/N-ethyl adjacent to an activating group) is 1. The molecule has 0 radical (unpaired) electrons. The first-order chi connectivity index (χ1) is 13.7. The molecule has 1 rings (SSSR count). The van der Waals surface area contributed by atoms with Crippen LogP contribution in [-0.2, 0) is 19.0 Å². The molecule has 28 heavy (non-hydrogen) atoms. The number of carbonyl (C=O) groups excluding carboxylic acids is 1. The quantitative estimate of drug-likeness (QED) is 0.229. The first-order valence-electron chi connectivity index (χ1n) is 10.4. The standard InChI is InChI=1S/C20H39N3O4S/c1-22-10-11-26-12-13-27-14-15-28-16-19(17-6-5-7-17)23-18(20(24)25-2)8-3-4-9-21/h18,22-23H,3-16,21H2,1-2H3. The van der Waals surface area contributed by atoms with Gasteiger partial charge in [-0.25, -0.2) is 4.79 Å². The number of rotatable bonds is 18. The van der Waals surface area contributed by atoms with E-state index in [2.05, 4.69) is 10.6 Å². The first-order valence-corrected chi connectivity index (χ1v) is 11.5. The van der Waals surface area contributed by atoms with Crippen molar-refractivity contribution in [2.75, 3.05) is 65.2 Å². The zero-order chi connectivity index (χ0) is 20.5. The van der Waals surface area contributed by atoms with Gasteiger partial charge in [0.05, 0.1) is 33.5 Å². The lowest BCUT2D eigenvalue weighted by molar-refractivity contribution is -0.143. The van der Waals surface area contributed by atoms with Gasteiger partial charge in [0.15, 0.2) is 0 Å². The molecule has 0 aliphatic heterocycles. The van der Waals surface area contributed by atoms with Gasteiger partial charge >= 0.3 is 5.97 Å². The maximum absolute atomic E-state index is 12.1. The minimum Gasteiger partial charge on any atom is -0.467 e. The number of allylic oxidation sites excluding steroid dienone is 1. The van der Waals surface area contributed by atoms with Crippen LogP contribution in [0.15, 0.2) is 11.3 Å². The highest BCUT2D eigenvalue weighted by Crippen LogP contribution is 2.29. The summed E-state index contributed by atoms with van der Waals surface area (Å²) < 4.78 is 16.0. The molecule has 0 bridgehead atoms. The Balaban J connectivity index is 2.30. The lowest BCUT2D eigenvalue weighted by Crippen LogP contribution is -2.39. The van der Waals surface area contributed by atoms with Crippen molar-refractivity contribution in [3.8, 4) is 0 Å². The zero-order valence-electron chi connectivity index (χ0n) is 17.6. The average Bonchev–Trinajstić information content (AvgIpc) is 2.66. The Bertz CT molecular complexity index is 443. The number of unbranched alkanes of at least 4 members (excludes halogenated alkanes) is 1. The lowest BCUT2D eigenvalue weighted by Gasteiger charge is -2.26. The minimum absolute atomic E-state index is 0.193. The number of nitrogens with two attached hydrogens (primary N) is 1. The van der Waals surface area contributed by atoms with Crippen molar-refractivity contribution in [3.63, 3.8) is 0 Å². The van der Waals surface area contributed by atoms with Crippen molar-refractivity contribution in [2.24, 2.45) is 5.73 Å². The Morgan fingerprint density at radius 2 is 1.93 bits per heavy atom. The molecule has 1 saturated carbocycles. The second-order valence-electron chi connectivity index (χ2n) is 6.82. The average molecular weight is 418 g/mol. The van der Waals surface area contributed by atoms with Crippen molar-refractivity contribution in [1.29, 1.82) is 0 Å². The van der Waals surface area contributed by atoms with Gasteiger partial charge in [0.25, 0.3) is 0 Å². The largest absolute Gasteiger partial charge is 0.467 e. The number of hydrogen-bond donors (Lipinski definition) is 3. The molecular weight excluding hydrogens is 378 g/mol. The smallest absolute Gasteiger partial charge is 0.328 e. The highest BCUT2D eigenvalue weighted by molar-refractivity contribution is 7.99. The van der Waals surface area contributed by atoms with E-state index in [4.69, 9.17) is 19.9 Å². The van der Waals surface area contributed by atoms with Gasteiger partial charge < -0.3 is 30.6 Å². The molecule has 1 aliphatic carbocycles. The second kappa shape index (κ2) is 17.1. The van der Waals surface area contributed by atoms with Crippen LogP contribution in [0, 0.1) is 0 Å². The number of methoxy groups -OCH3 is 1. The fraction of sp³-hybridized carbons (Fsp3) is 0.850. The van der Waals surface area contributed by atoms with E-state index in [1.165, 1.54) is 24.8 Å². The summed E-state index contributed by atoms with van der Waals surface area (Å²) in [7, 11) is 3.36. The van der Waals surface area contributed by atoms with E-state index >= 15 is 0 Å². The van der Waals surface area contributed by atoms with Crippen molar-refractivity contribution in [3.05, 3.63) is 11.3 Å². The lowest BCUT2D eigenvalue weighted by atomic mass is 9.90. The van der Waals surface area contributed by atoms with Crippen LogP contribution in [0.2, 0.25) is 0 Å². The van der Waals surface area contributed by atoms with Crippen molar-refractivity contribution in [1.82, 2.24) is 10.6 Å². The van der Waals surface area contributed by atoms with Gasteiger partial charge in [-0.3, -0.25) is 0 Å². The molecule has 7 nitrogen and oxygen atoms in total. The third-order valence-electron chi connectivity index (χ3n) is 4.65. The summed E-state index contributed by atoms with van der Waals surface area (Å²) in [5.74, 6) is 1.60. The summed E-state index contributed by atoms with van der Waals surface area (Å²) in [6.45, 7) is 4.19. The normalized spacial score (nSPS) is 14.5. The van der Waals surface area contributed by atoms with Crippen molar-refractivity contribution < 1.29 is 19.0 Å². The van der Waals surface area contributed by atoms with Crippen LogP contribution in [0.1, 0.15) is 38.5 Å². The summed E-state index contributed by atoms with van der Waals surface area (Å²) >= 11 is 1.83. The highest BCUT2D eigenvalue weighted by atomic mass is 32.2. The molecule has 0 aromatic heterocycles. The van der Waals surface area contributed by atoms with Crippen LogP contribution >= 0.6 is 11.8 Å². The summed E-state index contributed by atoms with van der Waals surface area (Å²) in [6, 6.07) is -0.286.